The van der Waals surface area contributed by atoms with Crippen molar-refractivity contribution in [3.63, 3.8) is 0 Å². The van der Waals surface area contributed by atoms with Crippen LogP contribution in [0.25, 0.3) is 0 Å². The van der Waals surface area contributed by atoms with Crippen LogP contribution in [0.5, 0.6) is 0 Å². The number of rotatable bonds is 7. The van der Waals surface area contributed by atoms with Gasteiger partial charge < -0.3 is 0 Å². The van der Waals surface area contributed by atoms with E-state index in [0.717, 1.165) is 6.54 Å². The highest BCUT2D eigenvalue weighted by Crippen LogP contribution is 2.46. The fourth-order valence-corrected chi connectivity index (χ4v) is 7.64. The van der Waals surface area contributed by atoms with Crippen molar-refractivity contribution < 1.29 is 0 Å². The molecule has 0 heterocycles. The van der Waals surface area contributed by atoms with Crippen LogP contribution in [0.3, 0.4) is 0 Å². The van der Waals surface area contributed by atoms with Crippen LogP contribution < -0.4 is 15.9 Å². The summed E-state index contributed by atoms with van der Waals surface area (Å²) in [4.78, 5) is 0. The largest absolute Gasteiger partial charge is 0.290 e. The Morgan fingerprint density at radius 1 is 0.654 bits per heavy atom. The summed E-state index contributed by atoms with van der Waals surface area (Å²) < 4.78 is 5.46. The second kappa shape index (κ2) is 9.26. The van der Waals surface area contributed by atoms with Gasteiger partial charge in [-0.3, -0.25) is 15.6 Å². The summed E-state index contributed by atoms with van der Waals surface area (Å²) in [5.41, 5.74) is 0. The van der Waals surface area contributed by atoms with Crippen molar-refractivity contribution in [3.8, 4) is 0 Å². The molecule has 0 amide bonds. The lowest BCUT2D eigenvalue weighted by Gasteiger charge is -2.27. The fraction of sp³-hybridized carbons (Fsp3) is 0.217. The third-order valence-corrected chi connectivity index (χ3v) is 9.44. The standard InChI is InChI=1S/C23H28NPS/c1-26(2)20-12-19-24-25(21-13-6-3-7-14-21,22-15-8-4-9-16-22)23-17-10-5-11-18-23/h3-11,13-18,26H,12,19-20H2,1-2H3. The van der Waals surface area contributed by atoms with Gasteiger partial charge in [-0.05, 0) is 24.7 Å². The van der Waals surface area contributed by atoms with Crippen molar-refractivity contribution >= 4 is 33.9 Å². The van der Waals surface area contributed by atoms with E-state index in [-0.39, 0.29) is 10.9 Å². The minimum Gasteiger partial charge on any atom is -0.290 e. The number of thiol groups is 1. The van der Waals surface area contributed by atoms with Gasteiger partial charge in [-0.1, -0.05) is 91.0 Å². The molecule has 0 saturated heterocycles. The van der Waals surface area contributed by atoms with E-state index in [1.807, 2.05) is 0 Å². The van der Waals surface area contributed by atoms with Crippen molar-refractivity contribution in [2.75, 3.05) is 24.8 Å². The van der Waals surface area contributed by atoms with Crippen molar-refractivity contribution in [1.82, 2.24) is 0 Å². The van der Waals surface area contributed by atoms with Crippen LogP contribution in [0, 0.1) is 0 Å². The van der Waals surface area contributed by atoms with Gasteiger partial charge in [0.2, 0.25) is 0 Å². The second-order valence-electron chi connectivity index (χ2n) is 6.66. The maximum atomic E-state index is 5.46. The molecule has 26 heavy (non-hydrogen) atoms. The first-order chi connectivity index (χ1) is 12.7. The van der Waals surface area contributed by atoms with Gasteiger partial charge in [0, 0.05) is 22.5 Å². The van der Waals surface area contributed by atoms with Crippen LogP contribution in [0.15, 0.2) is 95.7 Å². The molecule has 1 nitrogen and oxygen atoms in total. The quantitative estimate of drug-likeness (QED) is 0.342. The Morgan fingerprint density at radius 2 is 1.04 bits per heavy atom. The molecule has 0 spiro atoms. The maximum absolute atomic E-state index is 5.46. The summed E-state index contributed by atoms with van der Waals surface area (Å²) in [6, 6.07) is 32.7. The third kappa shape index (κ3) is 4.31. The second-order valence-corrected chi connectivity index (χ2v) is 12.4. The predicted octanol–water partition coefficient (Wildman–Crippen LogP) is 4.82. The average Bonchev–Trinajstić information content (AvgIpc) is 2.70. The van der Waals surface area contributed by atoms with E-state index in [1.54, 1.807) is 0 Å². The molecule has 0 saturated carbocycles. The molecular formula is C23H28NPS. The Morgan fingerprint density at radius 3 is 1.38 bits per heavy atom. The molecule has 0 aliphatic rings. The molecule has 3 rings (SSSR count). The molecule has 0 unspecified atom stereocenters. The first-order valence-electron chi connectivity index (χ1n) is 9.13. The minimum absolute atomic E-state index is 0.142. The van der Waals surface area contributed by atoms with E-state index >= 15 is 0 Å². The highest BCUT2D eigenvalue weighted by Gasteiger charge is 2.26. The summed E-state index contributed by atoms with van der Waals surface area (Å²) in [6.07, 6.45) is 5.87. The van der Waals surface area contributed by atoms with E-state index < -0.39 is 7.05 Å². The smallest absolute Gasteiger partial charge is 0.0547 e. The normalized spacial score (nSPS) is 11.8. The Hall–Kier alpha value is -1.76. The third-order valence-electron chi connectivity index (χ3n) is 4.47. The molecule has 0 N–H and O–H groups in total. The molecule has 0 aromatic heterocycles. The zero-order valence-corrected chi connectivity index (χ0v) is 17.4. The lowest BCUT2D eigenvalue weighted by Crippen LogP contribution is -2.25. The van der Waals surface area contributed by atoms with Gasteiger partial charge >= 0.3 is 0 Å². The molecular weight excluding hydrogens is 353 g/mol. The first kappa shape index (κ1) is 19.0. The van der Waals surface area contributed by atoms with E-state index in [2.05, 4.69) is 104 Å². The van der Waals surface area contributed by atoms with Gasteiger partial charge in [0.25, 0.3) is 0 Å². The van der Waals surface area contributed by atoms with Gasteiger partial charge in [0.05, 0.1) is 7.05 Å². The number of hydrogen-bond donors (Lipinski definition) is 1. The summed E-state index contributed by atoms with van der Waals surface area (Å²) in [5, 5.41) is 4.02. The minimum atomic E-state index is -1.98. The monoisotopic (exact) mass is 381 g/mol. The van der Waals surface area contributed by atoms with Crippen LogP contribution in [-0.4, -0.2) is 24.8 Å². The summed E-state index contributed by atoms with van der Waals surface area (Å²) in [6.45, 7) is 0.924. The Bertz CT molecular complexity index is 742. The van der Waals surface area contributed by atoms with Crippen LogP contribution >= 0.6 is 17.9 Å². The van der Waals surface area contributed by atoms with Crippen LogP contribution in [0.1, 0.15) is 6.42 Å². The van der Waals surface area contributed by atoms with Crippen LogP contribution in [0.2, 0.25) is 0 Å². The van der Waals surface area contributed by atoms with Gasteiger partial charge in [0.1, 0.15) is 0 Å². The molecule has 3 aromatic carbocycles. The van der Waals surface area contributed by atoms with Gasteiger partial charge in [-0.15, -0.1) is 0 Å². The Labute approximate surface area is 160 Å². The molecule has 3 heteroatoms. The molecule has 0 fully saturated rings. The zero-order valence-electron chi connectivity index (χ0n) is 15.6. The number of nitrogens with zero attached hydrogens (tertiary/aromatic N) is 1. The Kier molecular flexibility index (Phi) is 6.77. The predicted molar refractivity (Wildman–Crippen MR) is 123 cm³/mol. The topological polar surface area (TPSA) is 12.4 Å². The zero-order chi connectivity index (χ0) is 18.2. The first-order valence-corrected chi connectivity index (χ1v) is 13.3. The highest BCUT2D eigenvalue weighted by atomic mass is 32.2. The summed E-state index contributed by atoms with van der Waals surface area (Å²) in [5.74, 6) is 1.29. The fourth-order valence-electron chi connectivity index (χ4n) is 3.23. The molecule has 3 aromatic rings. The van der Waals surface area contributed by atoms with Gasteiger partial charge in [-0.25, -0.2) is 0 Å². The van der Waals surface area contributed by atoms with Crippen molar-refractivity contribution in [2.45, 2.75) is 6.42 Å². The lowest BCUT2D eigenvalue weighted by atomic mass is 10.4. The SMILES string of the molecule is C[SH](C)CCCN=P(c1ccccc1)(c1ccccc1)c1ccccc1. The molecule has 0 bridgehead atoms. The summed E-state index contributed by atoms with van der Waals surface area (Å²) in [7, 11) is -1.84. The summed E-state index contributed by atoms with van der Waals surface area (Å²) >= 11 is 0. The van der Waals surface area contributed by atoms with E-state index in [4.69, 9.17) is 4.74 Å². The highest BCUT2D eigenvalue weighted by molar-refractivity contribution is 8.15. The van der Waals surface area contributed by atoms with E-state index in [9.17, 15) is 0 Å². The number of benzene rings is 3. The molecule has 0 atom stereocenters. The Balaban J connectivity index is 2.20. The number of hydrogen-bond acceptors (Lipinski definition) is 1. The van der Waals surface area contributed by atoms with Crippen molar-refractivity contribution in [1.29, 1.82) is 0 Å². The molecule has 0 aliphatic heterocycles. The lowest BCUT2D eigenvalue weighted by molar-refractivity contribution is 0.953. The van der Waals surface area contributed by atoms with Crippen molar-refractivity contribution in [3.05, 3.63) is 91.0 Å². The van der Waals surface area contributed by atoms with Crippen molar-refractivity contribution in [2.24, 2.45) is 4.74 Å². The average molecular weight is 382 g/mol. The van der Waals surface area contributed by atoms with E-state index in [0.29, 0.717) is 0 Å². The van der Waals surface area contributed by atoms with Crippen LogP contribution in [-0.2, 0) is 0 Å². The van der Waals surface area contributed by atoms with Gasteiger partial charge in [-0.2, -0.15) is 0 Å². The molecule has 0 radical (unpaired) electrons. The molecule has 136 valence electrons. The maximum Gasteiger partial charge on any atom is 0.0547 e. The molecule has 0 aliphatic carbocycles. The van der Waals surface area contributed by atoms with Gasteiger partial charge in [0.15, 0.2) is 0 Å². The van der Waals surface area contributed by atoms with Crippen LogP contribution in [0.4, 0.5) is 0 Å². The van der Waals surface area contributed by atoms with E-state index in [1.165, 1.54) is 28.1 Å².